The maximum absolute atomic E-state index is 13.0. The minimum atomic E-state index is -3.51. The van der Waals surface area contributed by atoms with Crippen LogP contribution in [0.5, 0.6) is 0 Å². The quantitative estimate of drug-likeness (QED) is 0.767. The van der Waals surface area contributed by atoms with Crippen LogP contribution in [0.2, 0.25) is 0 Å². The number of likely N-dealkylation sites (tertiary alicyclic amines) is 1. The van der Waals surface area contributed by atoms with Crippen molar-refractivity contribution in [2.24, 2.45) is 11.8 Å². The second-order valence-corrected chi connectivity index (χ2v) is 10.8. The van der Waals surface area contributed by atoms with Crippen molar-refractivity contribution in [1.29, 1.82) is 0 Å². The topological polar surface area (TPSA) is 69.7 Å². The molecule has 3 rings (SSSR count). The molecule has 0 unspecified atom stereocenters. The van der Waals surface area contributed by atoms with Gasteiger partial charge in [0, 0.05) is 37.8 Å². The van der Waals surface area contributed by atoms with E-state index < -0.39 is 10.0 Å². The predicted molar refractivity (Wildman–Crippen MR) is 115 cm³/mol. The number of nitrogens with zero attached hydrogens (tertiary/aromatic N) is 2. The minimum Gasteiger partial charge on any atom is -0.349 e. The fourth-order valence-electron chi connectivity index (χ4n) is 4.62. The smallest absolute Gasteiger partial charge is 0.251 e. The summed E-state index contributed by atoms with van der Waals surface area (Å²) in [6.07, 6.45) is 4.14. The molecule has 2 heterocycles. The van der Waals surface area contributed by atoms with E-state index >= 15 is 0 Å². The lowest BCUT2D eigenvalue weighted by Crippen LogP contribution is -2.44. The van der Waals surface area contributed by atoms with Crippen molar-refractivity contribution >= 4 is 15.9 Å². The Morgan fingerprint density at radius 3 is 2.21 bits per heavy atom. The van der Waals surface area contributed by atoms with E-state index in [1.165, 1.54) is 0 Å². The van der Waals surface area contributed by atoms with Crippen molar-refractivity contribution in [1.82, 2.24) is 14.5 Å². The van der Waals surface area contributed by atoms with Gasteiger partial charge in [-0.25, -0.2) is 8.42 Å². The van der Waals surface area contributed by atoms with Crippen molar-refractivity contribution in [2.75, 3.05) is 32.7 Å². The van der Waals surface area contributed by atoms with Crippen molar-refractivity contribution in [3.8, 4) is 0 Å². The molecule has 2 aliphatic rings. The van der Waals surface area contributed by atoms with E-state index in [1.54, 1.807) is 28.6 Å². The van der Waals surface area contributed by atoms with Gasteiger partial charge >= 0.3 is 0 Å². The molecule has 1 aromatic carbocycles. The summed E-state index contributed by atoms with van der Waals surface area (Å²) in [5.74, 6) is 0.604. The van der Waals surface area contributed by atoms with Gasteiger partial charge < -0.3 is 10.2 Å². The lowest BCUT2D eigenvalue weighted by molar-refractivity contribution is 0.0911. The lowest BCUT2D eigenvalue weighted by Gasteiger charge is -2.34. The Hall–Kier alpha value is -1.44. The molecule has 2 fully saturated rings. The average Bonchev–Trinajstić information content (AvgIpc) is 2.69. The zero-order valence-corrected chi connectivity index (χ0v) is 18.7. The summed E-state index contributed by atoms with van der Waals surface area (Å²) < 4.78 is 27.6. The van der Waals surface area contributed by atoms with Crippen LogP contribution in [0.1, 0.15) is 56.8 Å². The van der Waals surface area contributed by atoms with Crippen LogP contribution in [0.3, 0.4) is 0 Å². The molecule has 0 spiro atoms. The van der Waals surface area contributed by atoms with E-state index in [0.29, 0.717) is 30.5 Å². The summed E-state index contributed by atoms with van der Waals surface area (Å²) >= 11 is 0. The first-order valence-corrected chi connectivity index (χ1v) is 12.4. The fraction of sp³-hybridized carbons (Fsp3) is 0.682. The third kappa shape index (κ3) is 5.58. The van der Waals surface area contributed by atoms with Crippen molar-refractivity contribution < 1.29 is 13.2 Å². The third-order valence-electron chi connectivity index (χ3n) is 6.05. The molecule has 1 amide bonds. The van der Waals surface area contributed by atoms with Gasteiger partial charge in [-0.05, 0) is 68.3 Å². The normalized spacial score (nSPS) is 25.1. The van der Waals surface area contributed by atoms with E-state index in [4.69, 9.17) is 0 Å². The third-order valence-corrected chi connectivity index (χ3v) is 7.90. The van der Waals surface area contributed by atoms with Crippen LogP contribution in [0.15, 0.2) is 29.2 Å². The maximum atomic E-state index is 13.0. The second kappa shape index (κ2) is 9.58. The van der Waals surface area contributed by atoms with Crippen LogP contribution >= 0.6 is 0 Å². The number of carbonyl (C=O) groups excluding carboxylic acids is 1. The summed E-state index contributed by atoms with van der Waals surface area (Å²) in [5.41, 5.74) is 0.514. The number of hydrogen-bond acceptors (Lipinski definition) is 4. The SMILES string of the molecule is CCCN1CCC(NC(=O)c2ccc(S(=O)(=O)N3C[C@@H](C)C[C@H](C)C3)cc2)CC1. The first kappa shape index (κ1) is 22.2. The van der Waals surface area contributed by atoms with Crippen LogP contribution < -0.4 is 5.32 Å². The second-order valence-electron chi connectivity index (χ2n) is 8.88. The average molecular weight is 422 g/mol. The Morgan fingerprint density at radius 1 is 1.07 bits per heavy atom. The van der Waals surface area contributed by atoms with Gasteiger partial charge in [-0.1, -0.05) is 20.8 Å². The van der Waals surface area contributed by atoms with Gasteiger partial charge in [-0.2, -0.15) is 4.31 Å². The highest BCUT2D eigenvalue weighted by molar-refractivity contribution is 7.89. The number of rotatable bonds is 6. The molecule has 0 radical (unpaired) electrons. The zero-order chi connectivity index (χ0) is 21.0. The monoisotopic (exact) mass is 421 g/mol. The molecule has 0 bridgehead atoms. The van der Waals surface area contributed by atoms with Crippen LogP contribution in [-0.2, 0) is 10.0 Å². The number of amides is 1. The number of benzene rings is 1. The van der Waals surface area contributed by atoms with Gasteiger partial charge in [-0.3, -0.25) is 4.79 Å². The van der Waals surface area contributed by atoms with Crippen LogP contribution in [-0.4, -0.2) is 62.3 Å². The number of nitrogens with one attached hydrogen (secondary N) is 1. The van der Waals surface area contributed by atoms with E-state index in [9.17, 15) is 13.2 Å². The Morgan fingerprint density at radius 2 is 1.66 bits per heavy atom. The predicted octanol–water partition coefficient (Wildman–Crippen LogP) is 2.96. The van der Waals surface area contributed by atoms with Gasteiger partial charge in [0.15, 0.2) is 0 Å². The Labute approximate surface area is 175 Å². The molecule has 6 nitrogen and oxygen atoms in total. The summed E-state index contributed by atoms with van der Waals surface area (Å²) in [6.45, 7) is 10.6. The highest BCUT2D eigenvalue weighted by atomic mass is 32.2. The summed E-state index contributed by atoms with van der Waals surface area (Å²) in [5, 5.41) is 3.11. The molecule has 2 atom stereocenters. The first-order valence-electron chi connectivity index (χ1n) is 10.9. The number of carbonyl (C=O) groups is 1. The largest absolute Gasteiger partial charge is 0.349 e. The van der Waals surface area contributed by atoms with Crippen LogP contribution in [0.4, 0.5) is 0 Å². The van der Waals surface area contributed by atoms with E-state index in [0.717, 1.165) is 45.3 Å². The standard InChI is InChI=1S/C22H35N3O3S/c1-4-11-24-12-9-20(10-13-24)23-22(26)19-5-7-21(8-6-19)29(27,28)25-15-17(2)14-18(3)16-25/h5-8,17-18,20H,4,9-16H2,1-3H3,(H,23,26)/t17-,18-/m0/s1. The minimum absolute atomic E-state index is 0.122. The molecule has 2 saturated heterocycles. The molecule has 162 valence electrons. The Balaban J connectivity index is 1.60. The lowest BCUT2D eigenvalue weighted by atomic mass is 9.94. The van der Waals surface area contributed by atoms with Gasteiger partial charge in [0.2, 0.25) is 10.0 Å². The number of piperidine rings is 2. The molecule has 7 heteroatoms. The molecular formula is C22H35N3O3S. The molecule has 0 aromatic heterocycles. The summed E-state index contributed by atoms with van der Waals surface area (Å²) in [7, 11) is -3.51. The zero-order valence-electron chi connectivity index (χ0n) is 17.9. The van der Waals surface area contributed by atoms with Crippen molar-refractivity contribution in [3.63, 3.8) is 0 Å². The molecule has 0 aliphatic carbocycles. The number of hydrogen-bond donors (Lipinski definition) is 1. The highest BCUT2D eigenvalue weighted by Gasteiger charge is 2.31. The summed E-state index contributed by atoms with van der Waals surface area (Å²) in [4.78, 5) is 15.3. The van der Waals surface area contributed by atoms with E-state index in [1.807, 2.05) is 0 Å². The molecule has 1 N–H and O–H groups in total. The van der Waals surface area contributed by atoms with Crippen LogP contribution in [0, 0.1) is 11.8 Å². The van der Waals surface area contributed by atoms with Crippen molar-refractivity contribution in [2.45, 2.75) is 57.4 Å². The number of sulfonamides is 1. The Kier molecular flexibility index (Phi) is 7.35. The van der Waals surface area contributed by atoms with Gasteiger partial charge in [0.05, 0.1) is 4.90 Å². The van der Waals surface area contributed by atoms with E-state index in [2.05, 4.69) is 31.0 Å². The molecule has 2 aliphatic heterocycles. The fourth-order valence-corrected chi connectivity index (χ4v) is 6.29. The summed E-state index contributed by atoms with van der Waals surface area (Å²) in [6, 6.07) is 6.59. The Bertz CT molecular complexity index is 776. The van der Waals surface area contributed by atoms with Gasteiger partial charge in [-0.15, -0.1) is 0 Å². The first-order chi connectivity index (χ1) is 13.8. The molecule has 29 heavy (non-hydrogen) atoms. The maximum Gasteiger partial charge on any atom is 0.251 e. The molecular weight excluding hydrogens is 386 g/mol. The van der Waals surface area contributed by atoms with Gasteiger partial charge in [0.1, 0.15) is 0 Å². The van der Waals surface area contributed by atoms with E-state index in [-0.39, 0.29) is 16.8 Å². The van der Waals surface area contributed by atoms with Crippen LogP contribution in [0.25, 0.3) is 0 Å². The molecule has 0 saturated carbocycles. The van der Waals surface area contributed by atoms with Gasteiger partial charge in [0.25, 0.3) is 5.91 Å². The highest BCUT2D eigenvalue weighted by Crippen LogP contribution is 2.26. The van der Waals surface area contributed by atoms with Crippen molar-refractivity contribution in [3.05, 3.63) is 29.8 Å². The molecule has 1 aromatic rings.